The maximum absolute atomic E-state index is 13.2. The molecule has 3 heteroatoms. The van der Waals surface area contributed by atoms with Crippen LogP contribution in [0.3, 0.4) is 0 Å². The van der Waals surface area contributed by atoms with E-state index in [9.17, 15) is 4.39 Å². The zero-order valence-electron chi connectivity index (χ0n) is 8.80. The normalized spacial score (nSPS) is 12.6. The number of hydrogen-bond acceptors (Lipinski definition) is 2. The van der Waals surface area contributed by atoms with Crippen molar-refractivity contribution in [3.05, 3.63) is 29.1 Å². The fourth-order valence-corrected chi connectivity index (χ4v) is 1.47. The predicted molar refractivity (Wildman–Crippen MR) is 55.0 cm³/mol. The van der Waals surface area contributed by atoms with Crippen LogP contribution < -0.4 is 10.5 Å². The van der Waals surface area contributed by atoms with Crippen molar-refractivity contribution in [3.63, 3.8) is 0 Å². The Morgan fingerprint density at radius 3 is 2.64 bits per heavy atom. The second-order valence-electron chi connectivity index (χ2n) is 3.53. The maximum atomic E-state index is 13.2. The number of hydrogen-bond donors (Lipinski definition) is 1. The lowest BCUT2D eigenvalue weighted by molar-refractivity contribution is 0.406. The van der Waals surface area contributed by atoms with Crippen molar-refractivity contribution in [1.29, 1.82) is 0 Å². The number of halogens is 1. The Morgan fingerprint density at radius 1 is 1.50 bits per heavy atom. The first-order valence-electron chi connectivity index (χ1n) is 4.63. The molecule has 0 amide bonds. The van der Waals surface area contributed by atoms with Crippen molar-refractivity contribution in [1.82, 2.24) is 0 Å². The van der Waals surface area contributed by atoms with E-state index in [1.54, 1.807) is 20.1 Å². The molecule has 0 aliphatic rings. The molecular formula is C11H16FNO. The molecule has 0 heterocycles. The van der Waals surface area contributed by atoms with Crippen LogP contribution in [0.1, 0.15) is 18.1 Å². The van der Waals surface area contributed by atoms with E-state index in [2.05, 4.69) is 0 Å². The van der Waals surface area contributed by atoms with Crippen LogP contribution in [-0.2, 0) is 6.42 Å². The largest absolute Gasteiger partial charge is 0.496 e. The summed E-state index contributed by atoms with van der Waals surface area (Å²) in [5, 5.41) is 0. The van der Waals surface area contributed by atoms with Crippen molar-refractivity contribution in [3.8, 4) is 5.75 Å². The third-order valence-electron chi connectivity index (χ3n) is 2.24. The number of methoxy groups -OCH3 is 1. The van der Waals surface area contributed by atoms with E-state index in [1.807, 2.05) is 6.92 Å². The monoisotopic (exact) mass is 197 g/mol. The molecule has 14 heavy (non-hydrogen) atoms. The second kappa shape index (κ2) is 4.42. The highest BCUT2D eigenvalue weighted by molar-refractivity contribution is 5.41. The van der Waals surface area contributed by atoms with Gasteiger partial charge in [0, 0.05) is 11.6 Å². The molecular weight excluding hydrogens is 181 g/mol. The number of ether oxygens (including phenoxy) is 1. The van der Waals surface area contributed by atoms with Crippen LogP contribution in [0.25, 0.3) is 0 Å². The van der Waals surface area contributed by atoms with Gasteiger partial charge in [0.1, 0.15) is 11.6 Å². The molecule has 2 N–H and O–H groups in total. The number of benzene rings is 1. The second-order valence-corrected chi connectivity index (χ2v) is 3.53. The molecule has 0 spiro atoms. The van der Waals surface area contributed by atoms with Crippen LogP contribution in [0.15, 0.2) is 12.1 Å². The van der Waals surface area contributed by atoms with Crippen LogP contribution in [0.4, 0.5) is 4.39 Å². The van der Waals surface area contributed by atoms with Crippen LogP contribution in [0.2, 0.25) is 0 Å². The molecule has 0 radical (unpaired) electrons. The van der Waals surface area contributed by atoms with Gasteiger partial charge in [0.05, 0.1) is 7.11 Å². The fourth-order valence-electron chi connectivity index (χ4n) is 1.47. The van der Waals surface area contributed by atoms with Gasteiger partial charge in [-0.2, -0.15) is 0 Å². The molecule has 0 fully saturated rings. The van der Waals surface area contributed by atoms with E-state index in [0.717, 1.165) is 5.56 Å². The standard InChI is InChI=1S/C11H16FNO/c1-7(13)6-9-8(2)10(12)4-5-11(9)14-3/h4-5,7H,6,13H2,1-3H3. The number of nitrogens with two attached hydrogens (primary N) is 1. The Balaban J connectivity index is 3.14. The van der Waals surface area contributed by atoms with Crippen molar-refractivity contribution in [2.75, 3.05) is 7.11 Å². The fraction of sp³-hybridized carbons (Fsp3) is 0.455. The summed E-state index contributed by atoms with van der Waals surface area (Å²) in [7, 11) is 1.58. The molecule has 1 aromatic carbocycles. The summed E-state index contributed by atoms with van der Waals surface area (Å²) >= 11 is 0. The van der Waals surface area contributed by atoms with Crippen molar-refractivity contribution < 1.29 is 9.13 Å². The third-order valence-corrected chi connectivity index (χ3v) is 2.24. The molecule has 0 aliphatic heterocycles. The van der Waals surface area contributed by atoms with Gasteiger partial charge in [0.15, 0.2) is 0 Å². The van der Waals surface area contributed by atoms with E-state index in [-0.39, 0.29) is 11.9 Å². The van der Waals surface area contributed by atoms with Gasteiger partial charge in [-0.3, -0.25) is 0 Å². The van der Waals surface area contributed by atoms with Crippen LogP contribution in [0.5, 0.6) is 5.75 Å². The van der Waals surface area contributed by atoms with Gasteiger partial charge in [0.2, 0.25) is 0 Å². The Morgan fingerprint density at radius 2 is 2.14 bits per heavy atom. The molecule has 0 saturated heterocycles. The predicted octanol–water partition coefficient (Wildman–Crippen LogP) is 2.03. The Hall–Kier alpha value is -1.09. The molecule has 1 rings (SSSR count). The molecule has 0 aliphatic carbocycles. The summed E-state index contributed by atoms with van der Waals surface area (Å²) in [5.41, 5.74) is 7.18. The van der Waals surface area contributed by atoms with Gasteiger partial charge >= 0.3 is 0 Å². The SMILES string of the molecule is COc1ccc(F)c(C)c1CC(C)N. The lowest BCUT2D eigenvalue weighted by Crippen LogP contribution is -2.19. The summed E-state index contributed by atoms with van der Waals surface area (Å²) in [6.45, 7) is 3.64. The highest BCUT2D eigenvalue weighted by Crippen LogP contribution is 2.25. The molecule has 0 aromatic heterocycles. The van der Waals surface area contributed by atoms with E-state index >= 15 is 0 Å². The average molecular weight is 197 g/mol. The minimum Gasteiger partial charge on any atom is -0.496 e. The topological polar surface area (TPSA) is 35.2 Å². The highest BCUT2D eigenvalue weighted by atomic mass is 19.1. The van der Waals surface area contributed by atoms with Crippen LogP contribution >= 0.6 is 0 Å². The number of rotatable bonds is 3. The third kappa shape index (κ3) is 2.23. The summed E-state index contributed by atoms with van der Waals surface area (Å²) in [6, 6.07) is 3.06. The lowest BCUT2D eigenvalue weighted by Gasteiger charge is -2.13. The van der Waals surface area contributed by atoms with Gasteiger partial charge in [-0.15, -0.1) is 0 Å². The summed E-state index contributed by atoms with van der Waals surface area (Å²) in [6.07, 6.45) is 0.632. The average Bonchev–Trinajstić information content (AvgIpc) is 2.13. The first-order chi connectivity index (χ1) is 6.56. The minimum absolute atomic E-state index is 0.00407. The molecule has 1 unspecified atom stereocenters. The Labute approximate surface area is 83.9 Å². The maximum Gasteiger partial charge on any atom is 0.126 e. The van der Waals surface area contributed by atoms with Gasteiger partial charge < -0.3 is 10.5 Å². The van der Waals surface area contributed by atoms with E-state index in [0.29, 0.717) is 17.7 Å². The van der Waals surface area contributed by atoms with E-state index in [1.165, 1.54) is 6.07 Å². The van der Waals surface area contributed by atoms with Gasteiger partial charge in [-0.25, -0.2) is 4.39 Å². The molecule has 1 aromatic rings. The minimum atomic E-state index is -0.207. The summed E-state index contributed by atoms with van der Waals surface area (Å²) in [4.78, 5) is 0. The van der Waals surface area contributed by atoms with E-state index in [4.69, 9.17) is 10.5 Å². The molecule has 0 saturated carbocycles. The smallest absolute Gasteiger partial charge is 0.126 e. The van der Waals surface area contributed by atoms with Gasteiger partial charge in [0.25, 0.3) is 0 Å². The molecule has 1 atom stereocenters. The van der Waals surface area contributed by atoms with Crippen LogP contribution in [0, 0.1) is 12.7 Å². The van der Waals surface area contributed by atoms with Crippen molar-refractivity contribution in [2.45, 2.75) is 26.3 Å². The quantitative estimate of drug-likeness (QED) is 0.804. The summed E-state index contributed by atoms with van der Waals surface area (Å²) in [5.74, 6) is 0.502. The zero-order chi connectivity index (χ0) is 10.7. The highest BCUT2D eigenvalue weighted by Gasteiger charge is 2.11. The Bertz CT molecular complexity index is 323. The first kappa shape index (κ1) is 11.0. The van der Waals surface area contributed by atoms with Gasteiger partial charge in [-0.1, -0.05) is 0 Å². The van der Waals surface area contributed by atoms with Crippen molar-refractivity contribution in [2.24, 2.45) is 5.73 Å². The van der Waals surface area contributed by atoms with Gasteiger partial charge in [-0.05, 0) is 38.0 Å². The molecule has 2 nitrogen and oxygen atoms in total. The first-order valence-corrected chi connectivity index (χ1v) is 4.63. The summed E-state index contributed by atoms with van der Waals surface area (Å²) < 4.78 is 18.4. The molecule has 78 valence electrons. The Kier molecular flexibility index (Phi) is 3.47. The lowest BCUT2D eigenvalue weighted by atomic mass is 10.0. The zero-order valence-corrected chi connectivity index (χ0v) is 8.80. The van der Waals surface area contributed by atoms with Crippen molar-refractivity contribution >= 4 is 0 Å². The van der Waals surface area contributed by atoms with Crippen LogP contribution in [-0.4, -0.2) is 13.2 Å². The molecule has 0 bridgehead atoms. The van der Waals surface area contributed by atoms with E-state index < -0.39 is 0 Å².